The monoisotopic (exact) mass is 384 g/mol. The van der Waals surface area contributed by atoms with Gasteiger partial charge in [-0.05, 0) is 6.42 Å². The van der Waals surface area contributed by atoms with Crippen LogP contribution in [0.15, 0.2) is 6.07 Å². The Morgan fingerprint density at radius 3 is 2.56 bits per heavy atom. The average molecular weight is 384 g/mol. The minimum absolute atomic E-state index is 0.144. The number of unbranched alkanes of at least 4 members (excludes halogenated alkanes) is 5. The molecule has 0 amide bonds. The zero-order valence-electron chi connectivity index (χ0n) is 14.7. The van der Waals surface area contributed by atoms with Crippen molar-refractivity contribution in [3.05, 3.63) is 27.6 Å². The lowest BCUT2D eigenvalue weighted by Crippen LogP contribution is -2.07. The van der Waals surface area contributed by atoms with E-state index < -0.39 is 28.1 Å². The molecule has 7 nitrogen and oxygen atoms in total. The molecule has 2 rings (SSSR count). The minimum atomic E-state index is -4.81. The fraction of sp³-hybridized carbons (Fsp3) is 0.529. The van der Waals surface area contributed by atoms with Gasteiger partial charge in [0.2, 0.25) is 5.82 Å². The van der Waals surface area contributed by atoms with E-state index in [1.807, 2.05) is 4.98 Å². The van der Waals surface area contributed by atoms with E-state index in [0.717, 1.165) is 38.2 Å². The molecule has 0 fully saturated rings. The number of aromatic nitrogens is 2. The summed E-state index contributed by atoms with van der Waals surface area (Å²) in [5.41, 5.74) is -1.67. The number of benzene rings is 1. The number of hydrogen-bond acceptors (Lipinski definition) is 5. The topological polar surface area (TPSA) is 105 Å². The number of H-pyrrole nitrogens is 1. The molecule has 1 heterocycles. The number of nitriles is 1. The number of non-ortho nitro benzene ring substituents is 1. The molecule has 1 aromatic heterocycles. The van der Waals surface area contributed by atoms with Crippen LogP contribution in [0.2, 0.25) is 0 Å². The van der Waals surface area contributed by atoms with Crippen LogP contribution >= 0.6 is 0 Å². The molecule has 0 spiro atoms. The van der Waals surface area contributed by atoms with E-state index in [9.17, 15) is 28.5 Å². The van der Waals surface area contributed by atoms with Crippen molar-refractivity contribution in [1.29, 1.82) is 5.26 Å². The molecule has 0 bridgehead atoms. The predicted octanol–water partition coefficient (Wildman–Crippen LogP) is 5.10. The lowest BCUT2D eigenvalue weighted by Gasteiger charge is -2.09. The number of nitrogens with one attached hydrogen (secondary N) is 1. The van der Waals surface area contributed by atoms with Crippen LogP contribution in [-0.2, 0) is 6.18 Å². The fourth-order valence-corrected chi connectivity index (χ4v) is 2.69. The Balaban J connectivity index is 2.31. The van der Waals surface area contributed by atoms with Crippen LogP contribution in [0, 0.1) is 21.4 Å². The maximum atomic E-state index is 13.0. The molecule has 27 heavy (non-hydrogen) atoms. The summed E-state index contributed by atoms with van der Waals surface area (Å²) in [5, 5.41) is 20.4. The van der Waals surface area contributed by atoms with Gasteiger partial charge in [-0.25, -0.2) is 4.98 Å². The Morgan fingerprint density at radius 2 is 1.96 bits per heavy atom. The molecule has 10 heteroatoms. The minimum Gasteiger partial charge on any atom is -0.490 e. The number of imidazole rings is 1. The summed E-state index contributed by atoms with van der Waals surface area (Å²) in [6.45, 7) is 2.29. The standard InChI is InChI=1S/C17H19F3N4O3/c1-2-3-4-5-6-7-8-27-15-11(10-21)9-12(24(25)26)13-14(15)23-16(22-13)17(18,19)20/h9H,2-8H2,1H3,(H,22,23). The van der Waals surface area contributed by atoms with Gasteiger partial charge in [-0.2, -0.15) is 18.4 Å². The highest BCUT2D eigenvalue weighted by atomic mass is 19.4. The summed E-state index contributed by atoms with van der Waals surface area (Å²) in [6, 6.07) is 2.63. The summed E-state index contributed by atoms with van der Waals surface area (Å²) in [6.07, 6.45) is 1.09. The van der Waals surface area contributed by atoms with Crippen LogP contribution in [0.4, 0.5) is 18.9 Å². The van der Waals surface area contributed by atoms with Crippen LogP contribution in [0.25, 0.3) is 11.0 Å². The third-order valence-electron chi connectivity index (χ3n) is 4.03. The quantitative estimate of drug-likeness (QED) is 0.368. The van der Waals surface area contributed by atoms with Crippen LogP contribution < -0.4 is 4.74 Å². The molecule has 1 aromatic carbocycles. The average Bonchev–Trinajstić information content (AvgIpc) is 3.05. The van der Waals surface area contributed by atoms with Gasteiger partial charge in [-0.3, -0.25) is 10.1 Å². The molecular weight excluding hydrogens is 365 g/mol. The molecule has 0 aliphatic carbocycles. The molecule has 0 saturated carbocycles. The zero-order valence-corrected chi connectivity index (χ0v) is 14.7. The molecule has 0 atom stereocenters. The first kappa shape index (κ1) is 20.5. The lowest BCUT2D eigenvalue weighted by atomic mass is 10.1. The summed E-state index contributed by atoms with van der Waals surface area (Å²) < 4.78 is 44.4. The molecule has 1 N–H and O–H groups in total. The highest BCUT2D eigenvalue weighted by Crippen LogP contribution is 2.38. The highest BCUT2D eigenvalue weighted by molar-refractivity contribution is 5.92. The molecule has 0 saturated heterocycles. The van der Waals surface area contributed by atoms with Gasteiger partial charge in [0, 0.05) is 6.07 Å². The number of nitro groups is 1. The normalized spacial score (nSPS) is 11.5. The number of halogens is 3. The van der Waals surface area contributed by atoms with Gasteiger partial charge in [0.1, 0.15) is 17.1 Å². The SMILES string of the molecule is CCCCCCCCOc1c(C#N)cc([N+](=O)[O-])c2nc(C(F)(F)F)[nH]c12. The maximum absolute atomic E-state index is 13.0. The Labute approximate surface area is 153 Å². The second-order valence-electron chi connectivity index (χ2n) is 6.06. The van der Waals surface area contributed by atoms with E-state index >= 15 is 0 Å². The number of ether oxygens (including phenoxy) is 1. The third kappa shape index (κ3) is 4.87. The lowest BCUT2D eigenvalue weighted by molar-refractivity contribution is -0.383. The Morgan fingerprint density at radius 1 is 1.30 bits per heavy atom. The Bertz CT molecular complexity index is 856. The molecule has 0 aliphatic rings. The van der Waals surface area contributed by atoms with Crippen molar-refractivity contribution >= 4 is 16.7 Å². The molecule has 0 radical (unpaired) electrons. The number of aromatic amines is 1. The summed E-state index contributed by atoms with van der Waals surface area (Å²) >= 11 is 0. The number of nitrogens with zero attached hydrogens (tertiary/aromatic N) is 3. The molecule has 0 aliphatic heterocycles. The molecular formula is C17H19F3N4O3. The number of alkyl halides is 3. The van der Waals surface area contributed by atoms with Crippen molar-refractivity contribution in [2.24, 2.45) is 0 Å². The van der Waals surface area contributed by atoms with E-state index in [1.54, 1.807) is 6.07 Å². The number of hydrogen-bond donors (Lipinski definition) is 1. The van der Waals surface area contributed by atoms with Crippen molar-refractivity contribution in [3.63, 3.8) is 0 Å². The third-order valence-corrected chi connectivity index (χ3v) is 4.03. The van der Waals surface area contributed by atoms with Gasteiger partial charge in [-0.1, -0.05) is 39.0 Å². The van der Waals surface area contributed by atoms with E-state index in [-0.39, 0.29) is 23.4 Å². The van der Waals surface area contributed by atoms with Crippen molar-refractivity contribution in [2.75, 3.05) is 6.61 Å². The number of rotatable bonds is 9. The molecule has 0 unspecified atom stereocenters. The zero-order chi connectivity index (χ0) is 20.0. The van der Waals surface area contributed by atoms with Crippen molar-refractivity contribution in [2.45, 2.75) is 51.6 Å². The highest BCUT2D eigenvalue weighted by Gasteiger charge is 2.37. The summed E-state index contributed by atoms with van der Waals surface area (Å²) in [4.78, 5) is 15.6. The van der Waals surface area contributed by atoms with Crippen LogP contribution in [-0.4, -0.2) is 21.5 Å². The van der Waals surface area contributed by atoms with Crippen molar-refractivity contribution in [3.8, 4) is 11.8 Å². The molecule has 2 aromatic rings. The van der Waals surface area contributed by atoms with Crippen LogP contribution in [0.1, 0.15) is 56.8 Å². The van der Waals surface area contributed by atoms with Gasteiger partial charge in [0.05, 0.1) is 11.5 Å². The van der Waals surface area contributed by atoms with E-state index in [1.165, 1.54) is 0 Å². The predicted molar refractivity (Wildman–Crippen MR) is 91.3 cm³/mol. The van der Waals surface area contributed by atoms with E-state index in [4.69, 9.17) is 4.74 Å². The van der Waals surface area contributed by atoms with Crippen LogP contribution in [0.5, 0.6) is 5.75 Å². The Hall–Kier alpha value is -2.83. The van der Waals surface area contributed by atoms with Gasteiger partial charge in [0.25, 0.3) is 5.69 Å². The van der Waals surface area contributed by atoms with Crippen molar-refractivity contribution in [1.82, 2.24) is 9.97 Å². The largest absolute Gasteiger partial charge is 0.490 e. The molecule has 146 valence electrons. The first-order valence-electron chi connectivity index (χ1n) is 8.60. The van der Waals surface area contributed by atoms with Crippen molar-refractivity contribution < 1.29 is 22.8 Å². The number of fused-ring (bicyclic) bond motifs is 1. The second-order valence-corrected chi connectivity index (χ2v) is 6.06. The van der Waals surface area contributed by atoms with Gasteiger partial charge < -0.3 is 9.72 Å². The number of nitro benzene ring substituents is 1. The fourth-order valence-electron chi connectivity index (χ4n) is 2.69. The summed E-state index contributed by atoms with van der Waals surface area (Å²) in [7, 11) is 0. The second kappa shape index (κ2) is 8.70. The smallest absolute Gasteiger partial charge is 0.449 e. The van der Waals surface area contributed by atoms with Gasteiger partial charge in [0.15, 0.2) is 11.3 Å². The van der Waals surface area contributed by atoms with E-state index in [0.29, 0.717) is 6.42 Å². The van der Waals surface area contributed by atoms with Crippen LogP contribution in [0.3, 0.4) is 0 Å². The first-order chi connectivity index (χ1) is 12.8. The Kier molecular flexibility index (Phi) is 6.60. The van der Waals surface area contributed by atoms with Gasteiger partial charge >= 0.3 is 6.18 Å². The first-order valence-corrected chi connectivity index (χ1v) is 8.60. The maximum Gasteiger partial charge on any atom is 0.449 e. The summed E-state index contributed by atoms with van der Waals surface area (Å²) in [5.74, 6) is -1.52. The van der Waals surface area contributed by atoms with E-state index in [2.05, 4.69) is 11.9 Å². The van der Waals surface area contributed by atoms with Gasteiger partial charge in [-0.15, -0.1) is 0 Å².